The van der Waals surface area contributed by atoms with Crippen LogP contribution in [0.3, 0.4) is 0 Å². The highest BCUT2D eigenvalue weighted by Crippen LogP contribution is 2.23. The molecule has 2 heteroatoms. The van der Waals surface area contributed by atoms with E-state index in [9.17, 15) is 0 Å². The normalized spacial score (nSPS) is 18.4. The van der Waals surface area contributed by atoms with E-state index >= 15 is 0 Å². The van der Waals surface area contributed by atoms with E-state index in [1.165, 1.54) is 16.8 Å². The first-order valence-electron chi connectivity index (χ1n) is 5.93. The summed E-state index contributed by atoms with van der Waals surface area (Å²) in [6.07, 6.45) is 1.94. The second-order valence-corrected chi connectivity index (χ2v) is 4.49. The van der Waals surface area contributed by atoms with Crippen molar-refractivity contribution >= 4 is 0 Å². The molecular formula is C14H23NO. The van der Waals surface area contributed by atoms with Crippen LogP contribution in [-0.2, 0) is 4.74 Å². The molecule has 0 radical (unpaired) electrons. The van der Waals surface area contributed by atoms with E-state index < -0.39 is 0 Å². The van der Waals surface area contributed by atoms with Gasteiger partial charge in [-0.2, -0.15) is 0 Å². The molecule has 0 amide bonds. The highest BCUT2D eigenvalue weighted by Gasteiger charge is 2.15. The Hall–Kier alpha value is -1.02. The van der Waals surface area contributed by atoms with Crippen LogP contribution in [0.4, 0.5) is 0 Å². The van der Waals surface area contributed by atoms with Gasteiger partial charge in [-0.25, -0.2) is 0 Å². The maximum Gasteiger partial charge on any atom is 0.0642 e. The molecule has 0 aliphatic carbocycles. The average molecular weight is 221 g/mol. The zero-order valence-corrected chi connectivity index (χ0v) is 10.8. The van der Waals surface area contributed by atoms with Gasteiger partial charge in [0.2, 0.25) is 0 Å². The number of hydrogen-bond acceptors (Lipinski definition) is 2. The van der Waals surface area contributed by atoms with Crippen molar-refractivity contribution in [1.82, 2.24) is 4.90 Å². The molecule has 0 aromatic carbocycles. The van der Waals surface area contributed by atoms with Crippen LogP contribution in [0.25, 0.3) is 0 Å². The number of allylic oxidation sites excluding steroid dienone is 3. The molecule has 1 saturated heterocycles. The van der Waals surface area contributed by atoms with Gasteiger partial charge in [0.25, 0.3) is 0 Å². The second-order valence-electron chi connectivity index (χ2n) is 4.49. The van der Waals surface area contributed by atoms with E-state index in [-0.39, 0.29) is 0 Å². The van der Waals surface area contributed by atoms with Gasteiger partial charge < -0.3 is 9.64 Å². The number of rotatable bonds is 4. The molecule has 0 saturated carbocycles. The third-order valence-corrected chi connectivity index (χ3v) is 3.11. The molecule has 2 nitrogen and oxygen atoms in total. The van der Waals surface area contributed by atoms with Crippen molar-refractivity contribution in [2.45, 2.75) is 20.8 Å². The molecular weight excluding hydrogens is 198 g/mol. The van der Waals surface area contributed by atoms with Gasteiger partial charge in [-0.1, -0.05) is 27.0 Å². The largest absolute Gasteiger partial charge is 0.378 e. The topological polar surface area (TPSA) is 12.5 Å². The Morgan fingerprint density at radius 1 is 1.31 bits per heavy atom. The lowest BCUT2D eigenvalue weighted by molar-refractivity contribution is 0.0550. The molecule has 0 aromatic heterocycles. The molecule has 1 aliphatic rings. The minimum absolute atomic E-state index is 0.482. The second kappa shape index (κ2) is 5.90. The van der Waals surface area contributed by atoms with E-state index in [4.69, 9.17) is 4.74 Å². The maximum absolute atomic E-state index is 5.36. The van der Waals surface area contributed by atoms with Gasteiger partial charge in [-0.05, 0) is 30.1 Å². The Morgan fingerprint density at radius 2 is 1.88 bits per heavy atom. The van der Waals surface area contributed by atoms with Crippen molar-refractivity contribution in [3.05, 3.63) is 36.1 Å². The van der Waals surface area contributed by atoms with Crippen LogP contribution in [0.2, 0.25) is 0 Å². The first-order chi connectivity index (χ1) is 7.57. The molecule has 0 unspecified atom stereocenters. The highest BCUT2D eigenvalue weighted by molar-refractivity contribution is 5.36. The average Bonchev–Trinajstić information content (AvgIpc) is 2.30. The molecule has 1 rings (SSSR count). The molecule has 0 N–H and O–H groups in total. The first kappa shape index (κ1) is 13.0. The summed E-state index contributed by atoms with van der Waals surface area (Å²) in [6.45, 7) is 18.1. The molecule has 0 atom stereocenters. The lowest BCUT2D eigenvalue weighted by Gasteiger charge is -2.31. The standard InChI is InChI=1S/C14H23NO/c1-6-14(13(5)12(4)11(2)3)15-7-9-16-10-8-15/h6,11H,1,4,7-10H2,2-3,5H3/b14-13+. The fourth-order valence-corrected chi connectivity index (χ4v) is 1.92. The van der Waals surface area contributed by atoms with Gasteiger partial charge in [-0.3, -0.25) is 0 Å². The summed E-state index contributed by atoms with van der Waals surface area (Å²) in [6, 6.07) is 0. The number of hydrogen-bond donors (Lipinski definition) is 0. The summed E-state index contributed by atoms with van der Waals surface area (Å²) in [4.78, 5) is 2.33. The molecule has 16 heavy (non-hydrogen) atoms. The summed E-state index contributed by atoms with van der Waals surface area (Å²) < 4.78 is 5.36. The van der Waals surface area contributed by atoms with Crippen molar-refractivity contribution in [2.24, 2.45) is 5.92 Å². The van der Waals surface area contributed by atoms with E-state index in [1.54, 1.807) is 0 Å². The minimum atomic E-state index is 0.482. The van der Waals surface area contributed by atoms with Crippen molar-refractivity contribution in [3.8, 4) is 0 Å². The Bertz CT molecular complexity index is 296. The molecule has 1 heterocycles. The zero-order chi connectivity index (χ0) is 12.1. The Labute approximate surface area is 99.3 Å². The van der Waals surface area contributed by atoms with Gasteiger partial charge in [0.1, 0.15) is 0 Å². The summed E-state index contributed by atoms with van der Waals surface area (Å²) >= 11 is 0. The maximum atomic E-state index is 5.36. The molecule has 0 spiro atoms. The Balaban J connectivity index is 2.89. The summed E-state index contributed by atoms with van der Waals surface area (Å²) in [5, 5.41) is 0. The lowest BCUT2D eigenvalue weighted by atomic mass is 9.96. The third kappa shape index (κ3) is 2.99. The summed E-state index contributed by atoms with van der Waals surface area (Å²) in [5.74, 6) is 0.482. The number of nitrogens with zero attached hydrogens (tertiary/aromatic N) is 1. The Kier molecular flexibility index (Phi) is 4.81. The molecule has 0 aromatic rings. The van der Waals surface area contributed by atoms with Crippen LogP contribution in [0.1, 0.15) is 20.8 Å². The van der Waals surface area contributed by atoms with Gasteiger partial charge in [-0.15, -0.1) is 0 Å². The quantitative estimate of drug-likeness (QED) is 0.677. The van der Waals surface area contributed by atoms with Gasteiger partial charge in [0, 0.05) is 18.8 Å². The van der Waals surface area contributed by atoms with Crippen molar-refractivity contribution in [2.75, 3.05) is 26.3 Å². The molecule has 1 fully saturated rings. The SMILES string of the molecule is C=C/C(=C(/C)C(=C)C(C)C)N1CCOCC1. The predicted octanol–water partition coefficient (Wildman–Crippen LogP) is 2.99. The van der Waals surface area contributed by atoms with Crippen LogP contribution >= 0.6 is 0 Å². The van der Waals surface area contributed by atoms with Crippen molar-refractivity contribution in [3.63, 3.8) is 0 Å². The molecule has 90 valence electrons. The van der Waals surface area contributed by atoms with Crippen LogP contribution in [0.5, 0.6) is 0 Å². The van der Waals surface area contributed by atoms with Gasteiger partial charge in [0.05, 0.1) is 13.2 Å². The van der Waals surface area contributed by atoms with E-state index in [0.717, 1.165) is 26.3 Å². The smallest absolute Gasteiger partial charge is 0.0642 e. The van der Waals surface area contributed by atoms with Crippen molar-refractivity contribution in [1.29, 1.82) is 0 Å². The fraction of sp³-hybridized carbons (Fsp3) is 0.571. The van der Waals surface area contributed by atoms with Crippen LogP contribution in [-0.4, -0.2) is 31.2 Å². The van der Waals surface area contributed by atoms with Crippen LogP contribution in [0, 0.1) is 5.92 Å². The highest BCUT2D eigenvalue weighted by atomic mass is 16.5. The zero-order valence-electron chi connectivity index (χ0n) is 10.8. The van der Waals surface area contributed by atoms with Gasteiger partial charge >= 0.3 is 0 Å². The van der Waals surface area contributed by atoms with Crippen LogP contribution < -0.4 is 0 Å². The van der Waals surface area contributed by atoms with Crippen molar-refractivity contribution < 1.29 is 4.74 Å². The summed E-state index contributed by atoms with van der Waals surface area (Å²) in [5.41, 5.74) is 3.66. The summed E-state index contributed by atoms with van der Waals surface area (Å²) in [7, 11) is 0. The lowest BCUT2D eigenvalue weighted by Crippen LogP contribution is -2.35. The minimum Gasteiger partial charge on any atom is -0.378 e. The first-order valence-corrected chi connectivity index (χ1v) is 5.93. The van der Waals surface area contributed by atoms with Gasteiger partial charge in [0.15, 0.2) is 0 Å². The van der Waals surface area contributed by atoms with Crippen LogP contribution in [0.15, 0.2) is 36.1 Å². The fourth-order valence-electron chi connectivity index (χ4n) is 1.92. The third-order valence-electron chi connectivity index (χ3n) is 3.11. The number of ether oxygens (including phenoxy) is 1. The number of morpholine rings is 1. The van der Waals surface area contributed by atoms with E-state index in [0.29, 0.717) is 5.92 Å². The van der Waals surface area contributed by atoms with E-state index in [1.807, 2.05) is 6.08 Å². The molecule has 0 bridgehead atoms. The van der Waals surface area contributed by atoms with E-state index in [2.05, 4.69) is 38.8 Å². The predicted molar refractivity (Wildman–Crippen MR) is 69.3 cm³/mol. The monoisotopic (exact) mass is 221 g/mol. The molecule has 1 aliphatic heterocycles. The Morgan fingerprint density at radius 3 is 2.31 bits per heavy atom.